The summed E-state index contributed by atoms with van der Waals surface area (Å²) in [6.45, 7) is 2.59. The Morgan fingerprint density at radius 2 is 2.11 bits per heavy atom. The van der Waals surface area contributed by atoms with Crippen molar-refractivity contribution in [2.75, 3.05) is 26.4 Å². The third-order valence-electron chi connectivity index (χ3n) is 2.71. The van der Waals surface area contributed by atoms with Crippen LogP contribution in [0.3, 0.4) is 0 Å². The molecule has 0 radical (unpaired) electrons. The van der Waals surface area contributed by atoms with Gasteiger partial charge in [0.25, 0.3) is 0 Å². The van der Waals surface area contributed by atoms with Gasteiger partial charge in [0, 0.05) is 6.54 Å². The second kappa shape index (κ2) is 7.76. The minimum absolute atomic E-state index is 0.262. The molecular formula is C14H19NO4. The van der Waals surface area contributed by atoms with E-state index in [9.17, 15) is 4.79 Å². The number of carbonyl (C=O) groups excluding carboxylic acids is 1. The Labute approximate surface area is 112 Å². The maximum Gasteiger partial charge on any atom is 0.407 e. The Morgan fingerprint density at radius 3 is 2.84 bits per heavy atom. The average molecular weight is 265 g/mol. The first kappa shape index (κ1) is 13.8. The molecule has 1 N–H and O–H groups in total. The quantitative estimate of drug-likeness (QED) is 0.574. The zero-order valence-electron chi connectivity index (χ0n) is 10.8. The maximum absolute atomic E-state index is 11.2. The number of carbonyl (C=O) groups is 1. The highest BCUT2D eigenvalue weighted by atomic mass is 16.6. The van der Waals surface area contributed by atoms with Gasteiger partial charge >= 0.3 is 6.09 Å². The van der Waals surface area contributed by atoms with Gasteiger partial charge in [-0.2, -0.15) is 0 Å². The van der Waals surface area contributed by atoms with Crippen molar-refractivity contribution >= 4 is 6.09 Å². The lowest BCUT2D eigenvalue weighted by Gasteiger charge is -2.07. The molecule has 1 amide bonds. The average Bonchev–Trinajstić information content (AvgIpc) is 3.24. The molecule has 1 aromatic rings. The fraction of sp³-hybridized carbons (Fsp3) is 0.500. The van der Waals surface area contributed by atoms with Crippen molar-refractivity contribution in [1.82, 2.24) is 5.32 Å². The smallest absolute Gasteiger partial charge is 0.407 e. The van der Waals surface area contributed by atoms with Crippen LogP contribution >= 0.6 is 0 Å². The first-order chi connectivity index (χ1) is 9.34. The molecule has 1 fully saturated rings. The molecule has 0 bridgehead atoms. The second-order valence-electron chi connectivity index (χ2n) is 4.34. The number of alkyl carbamates (subject to hydrolysis) is 1. The number of epoxide rings is 1. The van der Waals surface area contributed by atoms with Crippen LogP contribution in [0.15, 0.2) is 30.3 Å². The zero-order valence-corrected chi connectivity index (χ0v) is 10.8. The molecule has 1 aliphatic heterocycles. The van der Waals surface area contributed by atoms with Gasteiger partial charge in [-0.3, -0.25) is 0 Å². The Morgan fingerprint density at radius 1 is 1.32 bits per heavy atom. The maximum atomic E-state index is 11.2. The van der Waals surface area contributed by atoms with Gasteiger partial charge in [0.2, 0.25) is 0 Å². The molecule has 1 aromatic carbocycles. The van der Waals surface area contributed by atoms with Crippen molar-refractivity contribution in [2.45, 2.75) is 19.1 Å². The predicted molar refractivity (Wildman–Crippen MR) is 69.8 cm³/mol. The molecule has 1 unspecified atom stereocenters. The number of rotatable bonds is 8. The third kappa shape index (κ3) is 6.22. The van der Waals surface area contributed by atoms with Crippen LogP contribution in [0.5, 0.6) is 0 Å². The molecule has 1 aliphatic rings. The zero-order chi connectivity index (χ0) is 13.3. The molecule has 1 atom stereocenters. The monoisotopic (exact) mass is 265 g/mol. The molecule has 0 saturated carbocycles. The minimum atomic E-state index is -0.399. The summed E-state index contributed by atoms with van der Waals surface area (Å²) in [5.74, 6) is 0. The van der Waals surface area contributed by atoms with Crippen LogP contribution in [-0.4, -0.2) is 38.6 Å². The topological polar surface area (TPSA) is 60.1 Å². The lowest BCUT2D eigenvalue weighted by molar-refractivity contribution is 0.0647. The lowest BCUT2D eigenvalue weighted by Crippen LogP contribution is -2.27. The molecule has 0 spiro atoms. The number of nitrogens with one attached hydrogen (secondary N) is 1. The highest BCUT2D eigenvalue weighted by molar-refractivity contribution is 5.66. The van der Waals surface area contributed by atoms with E-state index in [0.29, 0.717) is 25.9 Å². The summed E-state index contributed by atoms with van der Waals surface area (Å²) in [4.78, 5) is 11.2. The standard InChI is InChI=1S/C14H19NO4/c16-14(15-7-6-13-11-19-13)18-9-8-17-10-12-4-2-1-3-5-12/h1-5,13H,6-11H2,(H,15,16). The van der Waals surface area contributed by atoms with Crippen molar-refractivity contribution < 1.29 is 19.0 Å². The van der Waals surface area contributed by atoms with Crippen LogP contribution in [0.1, 0.15) is 12.0 Å². The van der Waals surface area contributed by atoms with Crippen LogP contribution in [0, 0.1) is 0 Å². The Hall–Kier alpha value is -1.59. The van der Waals surface area contributed by atoms with E-state index in [2.05, 4.69) is 5.32 Å². The highest BCUT2D eigenvalue weighted by Crippen LogP contribution is 2.11. The molecule has 1 saturated heterocycles. The van der Waals surface area contributed by atoms with E-state index in [1.165, 1.54) is 0 Å². The first-order valence-corrected chi connectivity index (χ1v) is 6.48. The van der Waals surface area contributed by atoms with Crippen molar-refractivity contribution in [2.24, 2.45) is 0 Å². The van der Waals surface area contributed by atoms with Gasteiger partial charge in [0.15, 0.2) is 0 Å². The first-order valence-electron chi connectivity index (χ1n) is 6.48. The van der Waals surface area contributed by atoms with Crippen LogP contribution in [-0.2, 0) is 20.8 Å². The summed E-state index contributed by atoms with van der Waals surface area (Å²) in [5.41, 5.74) is 1.11. The minimum Gasteiger partial charge on any atom is -0.447 e. The Bertz CT molecular complexity index is 378. The van der Waals surface area contributed by atoms with E-state index in [1.54, 1.807) is 0 Å². The largest absolute Gasteiger partial charge is 0.447 e. The van der Waals surface area contributed by atoms with Crippen molar-refractivity contribution in [1.29, 1.82) is 0 Å². The van der Waals surface area contributed by atoms with Gasteiger partial charge in [0.1, 0.15) is 6.61 Å². The molecule has 0 aromatic heterocycles. The van der Waals surface area contributed by atoms with E-state index in [4.69, 9.17) is 14.2 Å². The highest BCUT2D eigenvalue weighted by Gasteiger charge is 2.21. The number of hydrogen-bond donors (Lipinski definition) is 1. The van der Waals surface area contributed by atoms with Crippen molar-refractivity contribution in [3.05, 3.63) is 35.9 Å². The van der Waals surface area contributed by atoms with E-state index in [1.807, 2.05) is 30.3 Å². The lowest BCUT2D eigenvalue weighted by atomic mass is 10.2. The number of hydrogen-bond acceptors (Lipinski definition) is 4. The van der Waals surface area contributed by atoms with Gasteiger partial charge in [-0.25, -0.2) is 4.79 Å². The Balaban J connectivity index is 1.43. The molecule has 19 heavy (non-hydrogen) atoms. The van der Waals surface area contributed by atoms with Crippen LogP contribution < -0.4 is 5.32 Å². The number of ether oxygens (including phenoxy) is 3. The fourth-order valence-corrected chi connectivity index (χ4v) is 1.58. The molecule has 5 heteroatoms. The van der Waals surface area contributed by atoms with Crippen LogP contribution in [0.2, 0.25) is 0 Å². The summed E-state index contributed by atoms with van der Waals surface area (Å²) in [6, 6.07) is 9.88. The van der Waals surface area contributed by atoms with E-state index in [0.717, 1.165) is 18.6 Å². The summed E-state index contributed by atoms with van der Waals surface area (Å²) < 4.78 is 15.4. The molecule has 2 rings (SSSR count). The molecule has 1 heterocycles. The van der Waals surface area contributed by atoms with Gasteiger partial charge in [-0.15, -0.1) is 0 Å². The Kier molecular flexibility index (Phi) is 5.65. The molecule has 0 aliphatic carbocycles. The summed E-state index contributed by atoms with van der Waals surface area (Å²) >= 11 is 0. The van der Waals surface area contributed by atoms with E-state index in [-0.39, 0.29) is 6.61 Å². The molecular weight excluding hydrogens is 246 g/mol. The molecule has 104 valence electrons. The number of benzene rings is 1. The summed E-state index contributed by atoms with van der Waals surface area (Å²) in [6.07, 6.45) is 0.776. The van der Waals surface area contributed by atoms with Crippen molar-refractivity contribution in [3.8, 4) is 0 Å². The van der Waals surface area contributed by atoms with Crippen molar-refractivity contribution in [3.63, 3.8) is 0 Å². The third-order valence-corrected chi connectivity index (χ3v) is 2.71. The summed E-state index contributed by atoms with van der Waals surface area (Å²) in [5, 5.41) is 2.67. The van der Waals surface area contributed by atoms with Crippen LogP contribution in [0.25, 0.3) is 0 Å². The number of amides is 1. The van der Waals surface area contributed by atoms with E-state index < -0.39 is 6.09 Å². The predicted octanol–water partition coefficient (Wildman–Crippen LogP) is 1.72. The van der Waals surface area contributed by atoms with Gasteiger partial charge in [-0.1, -0.05) is 30.3 Å². The fourth-order valence-electron chi connectivity index (χ4n) is 1.58. The summed E-state index contributed by atoms with van der Waals surface area (Å²) in [7, 11) is 0. The van der Waals surface area contributed by atoms with Gasteiger partial charge in [-0.05, 0) is 12.0 Å². The van der Waals surface area contributed by atoms with Gasteiger partial charge in [0.05, 0.1) is 25.9 Å². The SMILES string of the molecule is O=C(NCCC1CO1)OCCOCc1ccccc1. The normalized spacial score (nSPS) is 16.9. The molecule has 5 nitrogen and oxygen atoms in total. The second-order valence-corrected chi connectivity index (χ2v) is 4.34. The van der Waals surface area contributed by atoms with E-state index >= 15 is 0 Å². The van der Waals surface area contributed by atoms with Crippen LogP contribution in [0.4, 0.5) is 4.79 Å². The van der Waals surface area contributed by atoms with Gasteiger partial charge < -0.3 is 19.5 Å².